The van der Waals surface area contributed by atoms with Gasteiger partial charge in [0.15, 0.2) is 5.16 Å². The van der Waals surface area contributed by atoms with E-state index >= 15 is 0 Å². The molecular formula is C14H22N2O3S. The molecule has 1 aromatic rings. The van der Waals surface area contributed by atoms with Crippen molar-refractivity contribution in [1.29, 1.82) is 0 Å². The molecule has 0 spiro atoms. The first-order valence-corrected chi connectivity index (χ1v) is 7.88. The zero-order valence-electron chi connectivity index (χ0n) is 12.3. The first-order chi connectivity index (χ1) is 9.56. The highest BCUT2D eigenvalue weighted by molar-refractivity contribution is 8.00. The number of hydrogen-bond donors (Lipinski definition) is 1. The van der Waals surface area contributed by atoms with Crippen LogP contribution in [-0.4, -0.2) is 27.8 Å². The van der Waals surface area contributed by atoms with E-state index in [1.165, 1.54) is 17.8 Å². The molecule has 0 fully saturated rings. The number of hydrogen-bond acceptors (Lipinski definition) is 5. The molecule has 0 aromatic carbocycles. The Bertz CT molecular complexity index is 488. The molecule has 0 saturated carbocycles. The number of thioether (sulfide) groups is 1. The number of esters is 1. The van der Waals surface area contributed by atoms with E-state index in [0.717, 1.165) is 31.4 Å². The van der Waals surface area contributed by atoms with Crippen molar-refractivity contribution >= 4 is 17.7 Å². The summed E-state index contributed by atoms with van der Waals surface area (Å²) in [5.74, 6) is -0.271. The van der Waals surface area contributed by atoms with Gasteiger partial charge in [0.2, 0.25) is 0 Å². The molecule has 1 rings (SSSR count). The van der Waals surface area contributed by atoms with Crippen molar-refractivity contribution in [2.45, 2.75) is 56.9 Å². The fourth-order valence-electron chi connectivity index (χ4n) is 1.57. The van der Waals surface area contributed by atoms with Crippen molar-refractivity contribution in [3.8, 4) is 0 Å². The van der Waals surface area contributed by atoms with Gasteiger partial charge in [0.05, 0.1) is 6.61 Å². The van der Waals surface area contributed by atoms with E-state index in [1.54, 1.807) is 6.92 Å². The molecule has 1 atom stereocenters. The standard InChI is InChI=1S/C14H22N2O3S/c1-4-6-8-19-13(18)10(3)20-14-15-11(7-5-2)9-12(17)16-14/h9-10H,4-8H2,1-3H3,(H,15,16,17). The number of nitrogens with one attached hydrogen (secondary N) is 1. The molecule has 0 radical (unpaired) electrons. The Morgan fingerprint density at radius 1 is 1.45 bits per heavy atom. The van der Waals surface area contributed by atoms with Gasteiger partial charge in [-0.1, -0.05) is 38.5 Å². The summed E-state index contributed by atoms with van der Waals surface area (Å²) in [6, 6.07) is 1.50. The van der Waals surface area contributed by atoms with Crippen LogP contribution >= 0.6 is 11.8 Å². The summed E-state index contributed by atoms with van der Waals surface area (Å²) in [5.41, 5.74) is 0.572. The molecule has 1 unspecified atom stereocenters. The minimum atomic E-state index is -0.383. The van der Waals surface area contributed by atoms with Crippen molar-refractivity contribution < 1.29 is 9.53 Å². The lowest BCUT2D eigenvalue weighted by Gasteiger charge is -2.10. The largest absolute Gasteiger partial charge is 0.465 e. The second-order valence-electron chi connectivity index (χ2n) is 4.57. The van der Waals surface area contributed by atoms with Crippen LogP contribution in [0.1, 0.15) is 45.7 Å². The van der Waals surface area contributed by atoms with E-state index in [2.05, 4.69) is 9.97 Å². The lowest BCUT2D eigenvalue weighted by Crippen LogP contribution is -2.19. The minimum absolute atomic E-state index is 0.183. The van der Waals surface area contributed by atoms with Crippen LogP contribution in [0.5, 0.6) is 0 Å². The SMILES string of the molecule is CCCCOC(=O)C(C)Sc1nc(CCC)cc(=O)[nH]1. The highest BCUT2D eigenvalue weighted by Crippen LogP contribution is 2.19. The Morgan fingerprint density at radius 2 is 2.20 bits per heavy atom. The molecule has 1 N–H and O–H groups in total. The van der Waals surface area contributed by atoms with E-state index < -0.39 is 0 Å². The summed E-state index contributed by atoms with van der Waals surface area (Å²) in [4.78, 5) is 30.3. The predicted molar refractivity (Wildman–Crippen MR) is 80.0 cm³/mol. The molecule has 6 heteroatoms. The third-order valence-corrected chi connectivity index (χ3v) is 3.60. The van der Waals surface area contributed by atoms with Crippen LogP contribution in [0, 0.1) is 0 Å². The smallest absolute Gasteiger partial charge is 0.319 e. The van der Waals surface area contributed by atoms with Crippen LogP contribution in [0.3, 0.4) is 0 Å². The van der Waals surface area contributed by atoms with Crippen LogP contribution in [-0.2, 0) is 16.0 Å². The maximum atomic E-state index is 11.8. The number of H-pyrrole nitrogens is 1. The number of aromatic nitrogens is 2. The highest BCUT2D eigenvalue weighted by atomic mass is 32.2. The van der Waals surface area contributed by atoms with Gasteiger partial charge in [-0.15, -0.1) is 0 Å². The van der Waals surface area contributed by atoms with Crippen molar-refractivity contribution in [3.63, 3.8) is 0 Å². The molecule has 1 heterocycles. The van der Waals surface area contributed by atoms with E-state index in [9.17, 15) is 9.59 Å². The number of aryl methyl sites for hydroxylation is 1. The normalized spacial score (nSPS) is 12.2. The zero-order chi connectivity index (χ0) is 15.0. The third-order valence-electron chi connectivity index (χ3n) is 2.64. The highest BCUT2D eigenvalue weighted by Gasteiger charge is 2.17. The van der Waals surface area contributed by atoms with E-state index in [0.29, 0.717) is 11.8 Å². The second-order valence-corrected chi connectivity index (χ2v) is 5.90. The average molecular weight is 298 g/mol. The zero-order valence-corrected chi connectivity index (χ0v) is 13.1. The van der Waals surface area contributed by atoms with Gasteiger partial charge >= 0.3 is 5.97 Å². The average Bonchev–Trinajstić information content (AvgIpc) is 2.38. The number of carbonyl (C=O) groups excluding carboxylic acids is 1. The summed E-state index contributed by atoms with van der Waals surface area (Å²) in [6.07, 6.45) is 3.54. The Hall–Kier alpha value is -1.30. The van der Waals surface area contributed by atoms with Gasteiger partial charge in [-0.2, -0.15) is 0 Å². The third kappa shape index (κ3) is 5.77. The Labute approximate surface area is 123 Å². The minimum Gasteiger partial charge on any atom is -0.465 e. The summed E-state index contributed by atoms with van der Waals surface area (Å²) < 4.78 is 5.14. The van der Waals surface area contributed by atoms with Crippen LogP contribution in [0.25, 0.3) is 0 Å². The number of nitrogens with zero attached hydrogens (tertiary/aromatic N) is 1. The maximum Gasteiger partial charge on any atom is 0.319 e. The fraction of sp³-hybridized carbons (Fsp3) is 0.643. The summed E-state index contributed by atoms with van der Waals surface area (Å²) in [6.45, 7) is 6.27. The molecule has 1 aromatic heterocycles. The molecule has 0 aliphatic rings. The van der Waals surface area contributed by atoms with Gasteiger partial charge in [-0.3, -0.25) is 9.59 Å². The Kier molecular flexibility index (Phi) is 7.36. The van der Waals surface area contributed by atoms with Gasteiger partial charge < -0.3 is 9.72 Å². The van der Waals surface area contributed by atoms with Crippen molar-refractivity contribution in [3.05, 3.63) is 22.1 Å². The summed E-state index contributed by atoms with van der Waals surface area (Å²) >= 11 is 1.22. The quantitative estimate of drug-likeness (QED) is 0.345. The molecule has 0 aliphatic carbocycles. The van der Waals surface area contributed by atoms with Crippen LogP contribution < -0.4 is 5.56 Å². The fourth-order valence-corrected chi connectivity index (χ4v) is 2.40. The van der Waals surface area contributed by atoms with Crippen molar-refractivity contribution in [2.24, 2.45) is 0 Å². The molecule has 0 aliphatic heterocycles. The van der Waals surface area contributed by atoms with Crippen LogP contribution in [0.2, 0.25) is 0 Å². The first-order valence-electron chi connectivity index (χ1n) is 7.00. The molecule has 0 bridgehead atoms. The number of unbranched alkanes of at least 4 members (excludes halogenated alkanes) is 1. The lowest BCUT2D eigenvalue weighted by atomic mass is 10.2. The van der Waals surface area contributed by atoms with Crippen molar-refractivity contribution in [1.82, 2.24) is 9.97 Å². The number of carbonyl (C=O) groups is 1. The Morgan fingerprint density at radius 3 is 2.85 bits per heavy atom. The van der Waals surface area contributed by atoms with Crippen LogP contribution in [0.15, 0.2) is 16.0 Å². The first kappa shape index (κ1) is 16.8. The Balaban J connectivity index is 2.62. The topological polar surface area (TPSA) is 72.0 Å². The monoisotopic (exact) mass is 298 g/mol. The lowest BCUT2D eigenvalue weighted by molar-refractivity contribution is -0.142. The molecule has 0 amide bonds. The number of rotatable bonds is 8. The van der Waals surface area contributed by atoms with Gasteiger partial charge in [-0.25, -0.2) is 4.98 Å². The van der Waals surface area contributed by atoms with Gasteiger partial charge in [0, 0.05) is 11.8 Å². The van der Waals surface area contributed by atoms with Gasteiger partial charge in [0.1, 0.15) is 5.25 Å². The van der Waals surface area contributed by atoms with Gasteiger partial charge in [0.25, 0.3) is 5.56 Å². The molecule has 20 heavy (non-hydrogen) atoms. The number of ether oxygens (including phenoxy) is 1. The van der Waals surface area contributed by atoms with E-state index in [1.807, 2.05) is 13.8 Å². The molecule has 0 saturated heterocycles. The predicted octanol–water partition coefficient (Wildman–Crippen LogP) is 2.55. The number of aromatic amines is 1. The molecule has 5 nitrogen and oxygen atoms in total. The van der Waals surface area contributed by atoms with Gasteiger partial charge in [-0.05, 0) is 19.8 Å². The van der Waals surface area contributed by atoms with Crippen LogP contribution in [0.4, 0.5) is 0 Å². The van der Waals surface area contributed by atoms with Crippen molar-refractivity contribution in [2.75, 3.05) is 6.61 Å². The molecule has 112 valence electrons. The maximum absolute atomic E-state index is 11.8. The van der Waals surface area contributed by atoms with E-state index in [4.69, 9.17) is 4.74 Å². The summed E-state index contributed by atoms with van der Waals surface area (Å²) in [7, 11) is 0. The second kappa shape index (κ2) is 8.79. The van der Waals surface area contributed by atoms with E-state index in [-0.39, 0.29) is 16.8 Å². The summed E-state index contributed by atoms with van der Waals surface area (Å²) in [5, 5.41) is 0.0905. The molecular weight excluding hydrogens is 276 g/mol.